The van der Waals surface area contributed by atoms with Crippen molar-refractivity contribution in [2.24, 2.45) is 11.8 Å². The van der Waals surface area contributed by atoms with Crippen LogP contribution in [0.2, 0.25) is 0 Å². The predicted molar refractivity (Wildman–Crippen MR) is 144 cm³/mol. The molecule has 2 aromatic rings. The predicted octanol–water partition coefficient (Wildman–Crippen LogP) is 5.43. The average molecular weight is 486 g/mol. The second-order valence-corrected chi connectivity index (χ2v) is 10.9. The SMILES string of the molecule is Cc1nc2nc(C)c(CC3CCN(C4CCCC(C5=C/C=C\C(C=O)=C/C=C\5)CCC4)C3)c(C)n2n1. The van der Waals surface area contributed by atoms with Gasteiger partial charge in [-0.3, -0.25) is 4.79 Å². The minimum atomic E-state index is 0.623. The molecule has 2 aromatic heterocycles. The highest BCUT2D eigenvalue weighted by atomic mass is 16.1. The summed E-state index contributed by atoms with van der Waals surface area (Å²) in [5.74, 6) is 2.81. The molecular weight excluding hydrogens is 446 g/mol. The number of nitrogens with zero attached hydrogens (tertiary/aromatic N) is 5. The van der Waals surface area contributed by atoms with E-state index in [2.05, 4.69) is 41.0 Å². The number of likely N-dealkylation sites (tertiary alicyclic amines) is 1. The summed E-state index contributed by atoms with van der Waals surface area (Å²) in [4.78, 5) is 23.0. The summed E-state index contributed by atoms with van der Waals surface area (Å²) in [6.45, 7) is 8.64. The van der Waals surface area contributed by atoms with Gasteiger partial charge >= 0.3 is 0 Å². The van der Waals surface area contributed by atoms with Crippen LogP contribution in [0.1, 0.15) is 67.7 Å². The lowest BCUT2D eigenvalue weighted by Crippen LogP contribution is -2.34. The Balaban J connectivity index is 1.17. The number of rotatable bonds is 5. The van der Waals surface area contributed by atoms with Crippen molar-refractivity contribution in [3.8, 4) is 0 Å². The third-order valence-electron chi connectivity index (χ3n) is 8.42. The second-order valence-electron chi connectivity index (χ2n) is 10.9. The molecule has 1 atom stereocenters. The molecule has 1 unspecified atom stereocenters. The molecular formula is C30H39N5O. The van der Waals surface area contributed by atoms with Gasteiger partial charge < -0.3 is 4.90 Å². The van der Waals surface area contributed by atoms with Crippen molar-refractivity contribution in [3.63, 3.8) is 0 Å². The lowest BCUT2D eigenvalue weighted by atomic mass is 9.83. The maximum atomic E-state index is 11.0. The van der Waals surface area contributed by atoms with E-state index in [-0.39, 0.29) is 0 Å². The van der Waals surface area contributed by atoms with E-state index in [9.17, 15) is 4.79 Å². The van der Waals surface area contributed by atoms with Crippen LogP contribution in [0.15, 0.2) is 47.6 Å². The fourth-order valence-corrected chi connectivity index (χ4v) is 6.44. The highest BCUT2D eigenvalue weighted by Gasteiger charge is 2.30. The maximum absolute atomic E-state index is 11.0. The quantitative estimate of drug-likeness (QED) is 0.529. The van der Waals surface area contributed by atoms with Crippen LogP contribution >= 0.6 is 0 Å². The zero-order chi connectivity index (χ0) is 25.1. The summed E-state index contributed by atoms with van der Waals surface area (Å²) in [6.07, 6.45) is 23.2. The van der Waals surface area contributed by atoms with Crippen LogP contribution in [0.5, 0.6) is 0 Å². The first-order valence-electron chi connectivity index (χ1n) is 13.7. The third kappa shape index (κ3) is 5.44. The molecule has 3 heterocycles. The molecule has 0 spiro atoms. The maximum Gasteiger partial charge on any atom is 0.252 e. The van der Waals surface area contributed by atoms with E-state index < -0.39 is 0 Å². The number of carbonyl (C=O) groups is 1. The molecule has 0 radical (unpaired) electrons. The third-order valence-corrected chi connectivity index (χ3v) is 8.42. The van der Waals surface area contributed by atoms with Crippen LogP contribution in [0, 0.1) is 32.6 Å². The number of carbonyl (C=O) groups excluding carboxylic acids is 1. The Labute approximate surface area is 214 Å². The summed E-state index contributed by atoms with van der Waals surface area (Å²) < 4.78 is 1.92. The molecule has 36 heavy (non-hydrogen) atoms. The Morgan fingerprint density at radius 1 is 0.972 bits per heavy atom. The van der Waals surface area contributed by atoms with Crippen molar-refractivity contribution in [2.75, 3.05) is 13.1 Å². The summed E-state index contributed by atoms with van der Waals surface area (Å²) in [5.41, 5.74) is 5.78. The first kappa shape index (κ1) is 24.8. The number of hydrogen-bond acceptors (Lipinski definition) is 5. The summed E-state index contributed by atoms with van der Waals surface area (Å²) >= 11 is 0. The van der Waals surface area contributed by atoms with Crippen LogP contribution in [0.25, 0.3) is 5.78 Å². The molecule has 0 bridgehead atoms. The van der Waals surface area contributed by atoms with E-state index in [1.807, 2.05) is 35.7 Å². The van der Waals surface area contributed by atoms with Gasteiger partial charge in [-0.15, -0.1) is 0 Å². The molecule has 2 fully saturated rings. The number of hydrogen-bond donors (Lipinski definition) is 0. The Bertz CT molecular complexity index is 1220. The molecule has 1 saturated carbocycles. The van der Waals surface area contributed by atoms with Gasteiger partial charge in [0.1, 0.15) is 12.1 Å². The number of aldehydes is 1. The molecule has 0 N–H and O–H groups in total. The van der Waals surface area contributed by atoms with Gasteiger partial charge in [-0.2, -0.15) is 10.1 Å². The summed E-state index contributed by atoms with van der Waals surface area (Å²) in [7, 11) is 0. The monoisotopic (exact) mass is 485 g/mol. The number of aromatic nitrogens is 4. The van der Waals surface area contributed by atoms with Gasteiger partial charge in [0.15, 0.2) is 0 Å². The smallest absolute Gasteiger partial charge is 0.252 e. The van der Waals surface area contributed by atoms with Crippen LogP contribution in [-0.2, 0) is 11.2 Å². The summed E-state index contributed by atoms with van der Waals surface area (Å²) in [5, 5.41) is 4.56. The Kier molecular flexibility index (Phi) is 7.61. The highest BCUT2D eigenvalue weighted by molar-refractivity contribution is 5.78. The van der Waals surface area contributed by atoms with Gasteiger partial charge in [0.25, 0.3) is 5.78 Å². The van der Waals surface area contributed by atoms with E-state index >= 15 is 0 Å². The summed E-state index contributed by atoms with van der Waals surface area (Å²) in [6, 6.07) is 0.719. The Morgan fingerprint density at radius 2 is 1.75 bits per heavy atom. The van der Waals surface area contributed by atoms with Crippen LogP contribution in [0.3, 0.4) is 0 Å². The van der Waals surface area contributed by atoms with Crippen LogP contribution in [0.4, 0.5) is 0 Å². The van der Waals surface area contributed by atoms with E-state index in [1.165, 1.54) is 74.9 Å². The van der Waals surface area contributed by atoms with Crippen LogP contribution < -0.4 is 0 Å². The lowest BCUT2D eigenvalue weighted by Gasteiger charge is -2.32. The highest BCUT2D eigenvalue weighted by Crippen LogP contribution is 2.33. The van der Waals surface area contributed by atoms with E-state index in [0.717, 1.165) is 41.6 Å². The standard InChI is InChI=1S/C30H39N5O/c1-21-29(22(2)35-30(31-21)32-23(3)33-35)18-25-16-17-34(19-25)28-14-6-12-27(13-7-15-28)26-10-4-8-24(20-36)9-5-11-26/h4-5,8-11,20,25,27-28H,6-7,12-19H2,1-3H3/b8-4-,9-5?,10-4?,11-5-,24-8?,24-9+,26-10+,26-11?. The number of fused-ring (bicyclic) bond motifs is 1. The molecule has 6 nitrogen and oxygen atoms in total. The average Bonchev–Trinajstić information content (AvgIpc) is 3.43. The fourth-order valence-electron chi connectivity index (χ4n) is 6.44. The Morgan fingerprint density at radius 3 is 2.53 bits per heavy atom. The van der Waals surface area contributed by atoms with Crippen molar-refractivity contribution in [1.82, 2.24) is 24.5 Å². The zero-order valence-electron chi connectivity index (χ0n) is 22.0. The van der Waals surface area contributed by atoms with Crippen molar-refractivity contribution in [2.45, 2.75) is 78.2 Å². The number of allylic oxidation sites excluding steroid dienone is 8. The van der Waals surface area contributed by atoms with Crippen molar-refractivity contribution >= 4 is 12.1 Å². The molecule has 6 heteroatoms. The largest absolute Gasteiger partial charge is 0.300 e. The van der Waals surface area contributed by atoms with Gasteiger partial charge in [0.2, 0.25) is 0 Å². The molecule has 5 rings (SSSR count). The molecule has 2 aliphatic carbocycles. The van der Waals surface area contributed by atoms with E-state index in [0.29, 0.717) is 11.8 Å². The molecule has 190 valence electrons. The number of aryl methyl sites for hydroxylation is 3. The van der Waals surface area contributed by atoms with E-state index in [1.54, 1.807) is 0 Å². The normalized spacial score (nSPS) is 30.4. The first-order chi connectivity index (χ1) is 17.5. The van der Waals surface area contributed by atoms with Gasteiger partial charge in [-0.1, -0.05) is 49.3 Å². The lowest BCUT2D eigenvalue weighted by molar-refractivity contribution is -0.104. The minimum Gasteiger partial charge on any atom is -0.300 e. The zero-order valence-corrected chi connectivity index (χ0v) is 22.0. The minimum absolute atomic E-state index is 0.623. The van der Waals surface area contributed by atoms with Crippen LogP contribution in [-0.4, -0.2) is 49.9 Å². The molecule has 1 aliphatic heterocycles. The van der Waals surface area contributed by atoms with Gasteiger partial charge in [0, 0.05) is 29.5 Å². The van der Waals surface area contributed by atoms with Gasteiger partial charge in [-0.05, 0) is 88.8 Å². The topological polar surface area (TPSA) is 63.4 Å². The molecule has 0 aromatic carbocycles. The molecule has 3 aliphatic rings. The van der Waals surface area contributed by atoms with Crippen molar-refractivity contribution < 1.29 is 4.79 Å². The van der Waals surface area contributed by atoms with Crippen molar-refractivity contribution in [3.05, 3.63) is 70.4 Å². The van der Waals surface area contributed by atoms with E-state index in [4.69, 9.17) is 4.98 Å². The van der Waals surface area contributed by atoms with Crippen molar-refractivity contribution in [1.29, 1.82) is 0 Å². The molecule has 0 amide bonds. The van der Waals surface area contributed by atoms with Gasteiger partial charge in [0.05, 0.1) is 0 Å². The Hall–Kier alpha value is -2.86. The first-order valence-corrected chi connectivity index (χ1v) is 13.7. The second kappa shape index (κ2) is 11.0. The molecule has 1 saturated heterocycles. The van der Waals surface area contributed by atoms with Gasteiger partial charge in [-0.25, -0.2) is 9.50 Å². The fraction of sp³-hybridized carbons (Fsp3) is 0.533.